The van der Waals surface area contributed by atoms with E-state index < -0.39 is 0 Å². The molecule has 18 heavy (non-hydrogen) atoms. The van der Waals surface area contributed by atoms with Gasteiger partial charge in [0.25, 0.3) is 0 Å². The van der Waals surface area contributed by atoms with Crippen LogP contribution in [-0.2, 0) is 0 Å². The number of hydrogen-bond acceptors (Lipinski definition) is 4. The molecule has 0 amide bonds. The number of hydrogen-bond donors (Lipinski definition) is 1. The Balaban J connectivity index is 1.93. The van der Waals surface area contributed by atoms with Crippen LogP contribution in [0.4, 0.5) is 11.6 Å². The van der Waals surface area contributed by atoms with Crippen LogP contribution in [-0.4, -0.2) is 23.1 Å². The van der Waals surface area contributed by atoms with Crippen LogP contribution in [0.3, 0.4) is 0 Å². The SMILES string of the molecule is Cc1c(N)nc(C2CC2)nc1N(C)C(C)C1CC1. The normalized spacial score (nSPS) is 20.8. The van der Waals surface area contributed by atoms with E-state index >= 15 is 0 Å². The van der Waals surface area contributed by atoms with Gasteiger partial charge in [-0.2, -0.15) is 0 Å². The van der Waals surface area contributed by atoms with E-state index in [0.717, 1.165) is 23.1 Å². The molecule has 0 spiro atoms. The monoisotopic (exact) mass is 246 g/mol. The highest BCUT2D eigenvalue weighted by Crippen LogP contribution is 2.41. The third-order valence-electron chi connectivity index (χ3n) is 4.37. The van der Waals surface area contributed by atoms with E-state index in [4.69, 9.17) is 10.7 Å². The van der Waals surface area contributed by atoms with Crippen molar-refractivity contribution in [2.24, 2.45) is 5.92 Å². The number of nitrogens with zero attached hydrogens (tertiary/aromatic N) is 3. The zero-order valence-corrected chi connectivity index (χ0v) is 11.5. The Kier molecular flexibility index (Phi) is 2.68. The lowest BCUT2D eigenvalue weighted by atomic mass is 10.1. The van der Waals surface area contributed by atoms with E-state index in [9.17, 15) is 0 Å². The molecule has 2 saturated carbocycles. The quantitative estimate of drug-likeness (QED) is 0.886. The number of rotatable bonds is 4. The summed E-state index contributed by atoms with van der Waals surface area (Å²) in [5, 5.41) is 0. The predicted molar refractivity (Wildman–Crippen MR) is 73.7 cm³/mol. The molecule has 0 radical (unpaired) electrons. The van der Waals surface area contributed by atoms with Crippen LogP contribution in [0.25, 0.3) is 0 Å². The van der Waals surface area contributed by atoms with Crippen molar-refractivity contribution in [1.29, 1.82) is 0 Å². The van der Waals surface area contributed by atoms with Gasteiger partial charge in [-0.1, -0.05) is 0 Å². The van der Waals surface area contributed by atoms with Gasteiger partial charge in [0.15, 0.2) is 0 Å². The molecule has 0 aromatic carbocycles. The summed E-state index contributed by atoms with van der Waals surface area (Å²) >= 11 is 0. The topological polar surface area (TPSA) is 55.0 Å². The Morgan fingerprint density at radius 1 is 1.22 bits per heavy atom. The molecule has 2 N–H and O–H groups in total. The van der Waals surface area contributed by atoms with Crippen molar-refractivity contribution < 1.29 is 0 Å². The maximum atomic E-state index is 6.04. The number of nitrogens with two attached hydrogens (primary N) is 1. The van der Waals surface area contributed by atoms with E-state index in [-0.39, 0.29) is 0 Å². The van der Waals surface area contributed by atoms with Crippen molar-refractivity contribution in [3.05, 3.63) is 11.4 Å². The molecule has 1 unspecified atom stereocenters. The van der Waals surface area contributed by atoms with E-state index in [2.05, 4.69) is 23.9 Å². The van der Waals surface area contributed by atoms with Crippen molar-refractivity contribution >= 4 is 11.6 Å². The molecule has 1 aromatic rings. The zero-order valence-electron chi connectivity index (χ0n) is 11.5. The average Bonchev–Trinajstić information content (AvgIpc) is 3.20. The maximum absolute atomic E-state index is 6.04. The highest BCUT2D eigenvalue weighted by atomic mass is 15.2. The van der Waals surface area contributed by atoms with Gasteiger partial charge in [-0.15, -0.1) is 0 Å². The van der Waals surface area contributed by atoms with E-state index in [0.29, 0.717) is 17.8 Å². The summed E-state index contributed by atoms with van der Waals surface area (Å²) in [5.74, 6) is 4.01. The summed E-state index contributed by atoms with van der Waals surface area (Å²) in [4.78, 5) is 11.5. The van der Waals surface area contributed by atoms with Crippen LogP contribution < -0.4 is 10.6 Å². The summed E-state index contributed by atoms with van der Waals surface area (Å²) in [7, 11) is 2.13. The lowest BCUT2D eigenvalue weighted by molar-refractivity contribution is 0.600. The van der Waals surface area contributed by atoms with Crippen molar-refractivity contribution in [1.82, 2.24) is 9.97 Å². The summed E-state index contributed by atoms with van der Waals surface area (Å²) in [6.07, 6.45) is 5.12. The molecule has 1 heterocycles. The van der Waals surface area contributed by atoms with Gasteiger partial charge in [-0.05, 0) is 45.4 Å². The minimum atomic E-state index is 0.546. The van der Waals surface area contributed by atoms with Crippen molar-refractivity contribution in [3.63, 3.8) is 0 Å². The van der Waals surface area contributed by atoms with E-state index in [1.807, 2.05) is 6.92 Å². The fourth-order valence-electron chi connectivity index (χ4n) is 2.49. The zero-order chi connectivity index (χ0) is 12.9. The van der Waals surface area contributed by atoms with Crippen LogP contribution in [0.15, 0.2) is 0 Å². The van der Waals surface area contributed by atoms with Crippen LogP contribution in [0.5, 0.6) is 0 Å². The van der Waals surface area contributed by atoms with Crippen LogP contribution in [0.2, 0.25) is 0 Å². The molecule has 1 atom stereocenters. The molecule has 2 aliphatic rings. The molecule has 0 saturated heterocycles. The fourth-order valence-corrected chi connectivity index (χ4v) is 2.49. The lowest BCUT2D eigenvalue weighted by Crippen LogP contribution is -2.32. The second-order valence-corrected chi connectivity index (χ2v) is 5.88. The molecule has 2 fully saturated rings. The van der Waals surface area contributed by atoms with Crippen molar-refractivity contribution in [2.75, 3.05) is 17.7 Å². The minimum absolute atomic E-state index is 0.546. The molecule has 4 heteroatoms. The van der Waals surface area contributed by atoms with Gasteiger partial charge in [0.1, 0.15) is 17.5 Å². The third-order valence-corrected chi connectivity index (χ3v) is 4.37. The Morgan fingerprint density at radius 2 is 1.89 bits per heavy atom. The predicted octanol–water partition coefficient (Wildman–Crippen LogP) is 2.48. The molecule has 0 aliphatic heterocycles. The molecule has 0 bridgehead atoms. The van der Waals surface area contributed by atoms with Crippen LogP contribution >= 0.6 is 0 Å². The standard InChI is InChI=1S/C14H22N4/c1-8-12(15)16-13(11-6-7-11)17-14(8)18(3)9(2)10-4-5-10/h9-11H,4-7H2,1-3H3,(H2,15,16,17). The molecule has 2 aliphatic carbocycles. The smallest absolute Gasteiger partial charge is 0.137 e. The maximum Gasteiger partial charge on any atom is 0.137 e. The Hall–Kier alpha value is -1.32. The Bertz CT molecular complexity index is 463. The summed E-state index contributed by atoms with van der Waals surface area (Å²) < 4.78 is 0. The van der Waals surface area contributed by atoms with Gasteiger partial charge >= 0.3 is 0 Å². The molecule has 1 aromatic heterocycles. The van der Waals surface area contributed by atoms with Crippen LogP contribution in [0.1, 0.15) is 49.9 Å². The van der Waals surface area contributed by atoms with Crippen molar-refractivity contribution in [2.45, 2.75) is 51.5 Å². The van der Waals surface area contributed by atoms with Gasteiger partial charge in [-0.3, -0.25) is 0 Å². The minimum Gasteiger partial charge on any atom is -0.383 e. The average molecular weight is 246 g/mol. The first-order valence-electron chi connectivity index (χ1n) is 6.94. The highest BCUT2D eigenvalue weighted by Gasteiger charge is 2.33. The van der Waals surface area contributed by atoms with Crippen LogP contribution in [0, 0.1) is 12.8 Å². The molecular weight excluding hydrogens is 224 g/mol. The van der Waals surface area contributed by atoms with Gasteiger partial charge < -0.3 is 10.6 Å². The third kappa shape index (κ3) is 2.04. The molecule has 3 rings (SSSR count). The second-order valence-electron chi connectivity index (χ2n) is 5.88. The number of aromatic nitrogens is 2. The van der Waals surface area contributed by atoms with Gasteiger partial charge in [0.2, 0.25) is 0 Å². The van der Waals surface area contributed by atoms with E-state index in [1.165, 1.54) is 25.7 Å². The first kappa shape index (κ1) is 11.8. The molecule has 4 nitrogen and oxygen atoms in total. The number of nitrogen functional groups attached to an aromatic ring is 1. The Morgan fingerprint density at radius 3 is 2.44 bits per heavy atom. The van der Waals surface area contributed by atoms with Gasteiger partial charge in [-0.25, -0.2) is 9.97 Å². The van der Waals surface area contributed by atoms with Gasteiger partial charge in [0, 0.05) is 24.6 Å². The second kappa shape index (κ2) is 4.11. The molecular formula is C14H22N4. The number of anilines is 2. The Labute approximate surface area is 109 Å². The fraction of sp³-hybridized carbons (Fsp3) is 0.714. The highest BCUT2D eigenvalue weighted by molar-refractivity contribution is 5.57. The van der Waals surface area contributed by atoms with Gasteiger partial charge in [0.05, 0.1) is 0 Å². The summed E-state index contributed by atoms with van der Waals surface area (Å²) in [6, 6.07) is 0.546. The van der Waals surface area contributed by atoms with E-state index in [1.54, 1.807) is 0 Å². The summed E-state index contributed by atoms with van der Waals surface area (Å²) in [5.41, 5.74) is 7.06. The first-order chi connectivity index (χ1) is 8.58. The first-order valence-corrected chi connectivity index (χ1v) is 6.94. The largest absolute Gasteiger partial charge is 0.383 e. The summed E-state index contributed by atoms with van der Waals surface area (Å²) in [6.45, 7) is 4.31. The lowest BCUT2D eigenvalue weighted by Gasteiger charge is -2.28. The van der Waals surface area contributed by atoms with Crippen molar-refractivity contribution in [3.8, 4) is 0 Å². The molecule has 98 valence electrons.